The summed E-state index contributed by atoms with van der Waals surface area (Å²) in [5, 5.41) is 2.99. The minimum atomic E-state index is -3.62. The fraction of sp³-hybridized carbons (Fsp3) is 0.481. The lowest BCUT2D eigenvalue weighted by Crippen LogP contribution is -2.53. The van der Waals surface area contributed by atoms with Crippen LogP contribution in [0.25, 0.3) is 0 Å². The molecule has 0 fully saturated rings. The number of hydrogen-bond donors (Lipinski definition) is 1. The van der Waals surface area contributed by atoms with Gasteiger partial charge in [0.05, 0.1) is 4.90 Å². The van der Waals surface area contributed by atoms with E-state index in [1.165, 1.54) is 11.4 Å². The maximum atomic E-state index is 13.4. The second kappa shape index (κ2) is 12.3. The van der Waals surface area contributed by atoms with Gasteiger partial charge in [0.2, 0.25) is 21.8 Å². The highest BCUT2D eigenvalue weighted by Gasteiger charge is 2.30. The van der Waals surface area contributed by atoms with Crippen molar-refractivity contribution in [3.63, 3.8) is 0 Å². The van der Waals surface area contributed by atoms with Gasteiger partial charge in [-0.3, -0.25) is 9.59 Å². The molecular formula is C27H39N3O4S. The van der Waals surface area contributed by atoms with E-state index in [9.17, 15) is 18.0 Å². The van der Waals surface area contributed by atoms with E-state index in [1.807, 2.05) is 58.9 Å². The van der Waals surface area contributed by atoms with Gasteiger partial charge < -0.3 is 10.2 Å². The molecule has 0 saturated heterocycles. The number of nitrogens with zero attached hydrogens (tertiary/aromatic N) is 2. The number of aryl methyl sites for hydroxylation is 1. The van der Waals surface area contributed by atoms with Gasteiger partial charge in [0.1, 0.15) is 6.04 Å². The van der Waals surface area contributed by atoms with Gasteiger partial charge in [0.15, 0.2) is 0 Å². The van der Waals surface area contributed by atoms with Crippen molar-refractivity contribution in [2.45, 2.75) is 76.9 Å². The molecule has 0 saturated carbocycles. The molecule has 0 heterocycles. The normalized spacial score (nSPS) is 12.9. The van der Waals surface area contributed by atoms with E-state index in [2.05, 4.69) is 5.32 Å². The van der Waals surface area contributed by atoms with Gasteiger partial charge in [0.25, 0.3) is 0 Å². The highest BCUT2D eigenvalue weighted by Crippen LogP contribution is 2.18. The Hall–Kier alpha value is -2.71. The summed E-state index contributed by atoms with van der Waals surface area (Å²) in [7, 11) is -2.10. The molecule has 2 aromatic carbocycles. The molecule has 0 bridgehead atoms. The van der Waals surface area contributed by atoms with Crippen LogP contribution in [0.2, 0.25) is 0 Å². The lowest BCUT2D eigenvalue weighted by Gasteiger charge is -2.33. The van der Waals surface area contributed by atoms with Crippen molar-refractivity contribution in [1.82, 2.24) is 14.5 Å². The molecule has 1 N–H and O–H groups in total. The average Bonchev–Trinajstić information content (AvgIpc) is 2.78. The Balaban J connectivity index is 2.16. The minimum Gasteiger partial charge on any atom is -0.350 e. The third-order valence-electron chi connectivity index (χ3n) is 5.63. The number of carbonyl (C=O) groups excluding carboxylic acids is 2. The first-order chi connectivity index (χ1) is 16.3. The molecule has 2 aromatic rings. The van der Waals surface area contributed by atoms with Crippen LogP contribution in [0.1, 0.15) is 58.1 Å². The standard InChI is InChI=1S/C27H39N3O4S/c1-7-24(26(32)28-27(3,4)5)30(20-22-14-11-13-21(2)19-22)25(31)17-12-18-29(6)35(33,34)23-15-9-8-10-16-23/h8-11,13-16,19,24H,7,12,17-18,20H2,1-6H3,(H,28,32). The second-order valence-corrected chi connectivity index (χ2v) is 12.0. The predicted molar refractivity (Wildman–Crippen MR) is 139 cm³/mol. The van der Waals surface area contributed by atoms with Gasteiger partial charge in [-0.25, -0.2) is 12.7 Å². The molecule has 2 amide bonds. The molecular weight excluding hydrogens is 462 g/mol. The summed E-state index contributed by atoms with van der Waals surface area (Å²) in [4.78, 5) is 28.3. The molecule has 0 radical (unpaired) electrons. The van der Waals surface area contributed by atoms with E-state index in [4.69, 9.17) is 0 Å². The summed E-state index contributed by atoms with van der Waals surface area (Å²) in [5.74, 6) is -0.363. The van der Waals surface area contributed by atoms with Gasteiger partial charge in [-0.1, -0.05) is 55.0 Å². The topological polar surface area (TPSA) is 86.8 Å². The van der Waals surface area contributed by atoms with Crippen molar-refractivity contribution < 1.29 is 18.0 Å². The number of hydrogen-bond acceptors (Lipinski definition) is 4. The molecule has 0 spiro atoms. The van der Waals surface area contributed by atoms with Crippen LogP contribution in [0.4, 0.5) is 0 Å². The SMILES string of the molecule is CCC(C(=O)NC(C)(C)C)N(Cc1cccc(C)c1)C(=O)CCCN(C)S(=O)(=O)c1ccccc1. The zero-order valence-electron chi connectivity index (χ0n) is 21.7. The maximum absolute atomic E-state index is 13.4. The van der Waals surface area contributed by atoms with E-state index in [1.54, 1.807) is 35.2 Å². The highest BCUT2D eigenvalue weighted by molar-refractivity contribution is 7.89. The van der Waals surface area contributed by atoms with Crippen molar-refractivity contribution in [2.24, 2.45) is 0 Å². The largest absolute Gasteiger partial charge is 0.350 e. The fourth-order valence-electron chi connectivity index (χ4n) is 3.87. The van der Waals surface area contributed by atoms with Crippen LogP contribution >= 0.6 is 0 Å². The van der Waals surface area contributed by atoms with E-state index < -0.39 is 21.6 Å². The van der Waals surface area contributed by atoms with Gasteiger partial charge >= 0.3 is 0 Å². The van der Waals surface area contributed by atoms with Crippen molar-refractivity contribution in [3.05, 3.63) is 65.7 Å². The van der Waals surface area contributed by atoms with Crippen LogP contribution in [-0.4, -0.2) is 54.6 Å². The number of nitrogens with one attached hydrogen (secondary N) is 1. The number of benzene rings is 2. The van der Waals surface area contributed by atoms with Crippen molar-refractivity contribution in [2.75, 3.05) is 13.6 Å². The Labute approximate surface area is 210 Å². The first kappa shape index (κ1) is 28.5. The molecule has 0 aliphatic rings. The summed E-state index contributed by atoms with van der Waals surface area (Å²) in [6.07, 6.45) is 0.963. The van der Waals surface area contributed by atoms with E-state index >= 15 is 0 Å². The summed E-state index contributed by atoms with van der Waals surface area (Å²) in [5.41, 5.74) is 1.61. The Morgan fingerprint density at radius 3 is 2.26 bits per heavy atom. The van der Waals surface area contributed by atoms with Crippen LogP contribution in [0.5, 0.6) is 0 Å². The fourth-order valence-corrected chi connectivity index (χ4v) is 5.10. The molecule has 192 valence electrons. The summed E-state index contributed by atoms with van der Waals surface area (Å²) >= 11 is 0. The minimum absolute atomic E-state index is 0.139. The Morgan fingerprint density at radius 1 is 1.03 bits per heavy atom. The zero-order chi connectivity index (χ0) is 26.2. The van der Waals surface area contributed by atoms with Crippen LogP contribution in [0.15, 0.2) is 59.5 Å². The molecule has 8 heteroatoms. The van der Waals surface area contributed by atoms with Gasteiger partial charge in [-0.2, -0.15) is 0 Å². The molecule has 35 heavy (non-hydrogen) atoms. The van der Waals surface area contributed by atoms with Gasteiger partial charge in [-0.15, -0.1) is 0 Å². The average molecular weight is 502 g/mol. The number of amides is 2. The van der Waals surface area contributed by atoms with Crippen molar-refractivity contribution in [3.8, 4) is 0 Å². The first-order valence-corrected chi connectivity index (χ1v) is 13.5. The van der Waals surface area contributed by atoms with E-state index in [-0.39, 0.29) is 29.7 Å². The Kier molecular flexibility index (Phi) is 10.0. The van der Waals surface area contributed by atoms with Crippen LogP contribution in [-0.2, 0) is 26.2 Å². The first-order valence-electron chi connectivity index (χ1n) is 12.0. The monoisotopic (exact) mass is 501 g/mol. The third kappa shape index (κ3) is 8.47. The van der Waals surface area contributed by atoms with Crippen LogP contribution in [0, 0.1) is 6.92 Å². The number of rotatable bonds is 11. The van der Waals surface area contributed by atoms with Crippen LogP contribution < -0.4 is 5.32 Å². The van der Waals surface area contributed by atoms with E-state index in [0.29, 0.717) is 19.4 Å². The molecule has 0 aliphatic carbocycles. The highest BCUT2D eigenvalue weighted by atomic mass is 32.2. The Bertz CT molecular complexity index is 1090. The van der Waals surface area contributed by atoms with Crippen LogP contribution in [0.3, 0.4) is 0 Å². The second-order valence-electron chi connectivity index (χ2n) is 9.92. The molecule has 1 unspecified atom stereocenters. The van der Waals surface area contributed by atoms with Gasteiger partial charge in [-0.05, 0) is 58.2 Å². The molecule has 2 rings (SSSR count). The van der Waals surface area contributed by atoms with Gasteiger partial charge in [0, 0.05) is 32.1 Å². The number of carbonyl (C=O) groups is 2. The predicted octanol–water partition coefficient (Wildman–Crippen LogP) is 4.12. The summed E-state index contributed by atoms with van der Waals surface area (Å²) in [6.45, 7) is 10.1. The molecule has 0 aromatic heterocycles. The molecule has 0 aliphatic heterocycles. The van der Waals surface area contributed by atoms with Crippen molar-refractivity contribution in [1.29, 1.82) is 0 Å². The smallest absolute Gasteiger partial charge is 0.243 e. The molecule has 7 nitrogen and oxygen atoms in total. The van der Waals surface area contributed by atoms with E-state index in [0.717, 1.165) is 11.1 Å². The maximum Gasteiger partial charge on any atom is 0.243 e. The third-order valence-corrected chi connectivity index (χ3v) is 7.51. The molecule has 1 atom stereocenters. The summed E-state index contributed by atoms with van der Waals surface area (Å²) in [6, 6.07) is 15.5. The van der Waals surface area contributed by atoms with Crippen molar-refractivity contribution >= 4 is 21.8 Å². The number of sulfonamides is 1. The zero-order valence-corrected chi connectivity index (χ0v) is 22.6. The summed E-state index contributed by atoms with van der Waals surface area (Å²) < 4.78 is 26.8. The Morgan fingerprint density at radius 2 is 1.69 bits per heavy atom. The lowest BCUT2D eigenvalue weighted by molar-refractivity contribution is -0.142. The lowest BCUT2D eigenvalue weighted by atomic mass is 10.0. The quantitative estimate of drug-likeness (QED) is 0.502.